The van der Waals surface area contributed by atoms with Gasteiger partial charge in [0.05, 0.1) is 18.4 Å². The zero-order valence-electron chi connectivity index (χ0n) is 17.9. The van der Waals surface area contributed by atoms with Crippen molar-refractivity contribution in [2.75, 3.05) is 18.0 Å². The molecule has 1 aromatic carbocycles. The number of H-pyrrole nitrogens is 1. The van der Waals surface area contributed by atoms with Crippen LogP contribution in [-0.4, -0.2) is 61.7 Å². The van der Waals surface area contributed by atoms with Gasteiger partial charge in [0.25, 0.3) is 0 Å². The van der Waals surface area contributed by atoms with Gasteiger partial charge in [-0.3, -0.25) is 0 Å². The number of aromatic nitrogens is 4. The van der Waals surface area contributed by atoms with Crippen LogP contribution in [0.25, 0.3) is 11.2 Å². The first-order chi connectivity index (χ1) is 14.9. The third kappa shape index (κ3) is 4.06. The Kier molecular flexibility index (Phi) is 5.00. The molecule has 2 saturated heterocycles. The number of amides is 1. The number of aromatic amines is 1. The maximum Gasteiger partial charge on any atom is 0.410 e. The summed E-state index contributed by atoms with van der Waals surface area (Å²) in [4.78, 5) is 33.8. The van der Waals surface area contributed by atoms with Crippen molar-refractivity contribution in [2.24, 2.45) is 0 Å². The lowest BCUT2D eigenvalue weighted by Gasteiger charge is -2.35. The number of benzene rings is 1. The van der Waals surface area contributed by atoms with Crippen molar-refractivity contribution in [2.45, 2.75) is 55.7 Å². The largest absolute Gasteiger partial charge is 0.444 e. The second-order valence-electron chi connectivity index (χ2n) is 9.03. The standard InChI is InChI=1S/C22H26N6O2S/c1-22(2,3)30-21(29)28-11-15-9-16(28)10-27(15)20-25-18-17(23-13-24-18)19(26-20)31-12-14-7-5-4-6-8-14/h4-8,13,15-16H,9-12H2,1-3H3,(H,23,24,25,26)/t15-,16-/m0/s1. The third-order valence-electron chi connectivity index (χ3n) is 5.58. The predicted molar refractivity (Wildman–Crippen MR) is 120 cm³/mol. The Balaban J connectivity index is 1.34. The van der Waals surface area contributed by atoms with Crippen LogP contribution in [0.2, 0.25) is 0 Å². The molecule has 2 aromatic heterocycles. The predicted octanol–water partition coefficient (Wildman–Crippen LogP) is 3.84. The smallest absolute Gasteiger partial charge is 0.410 e. The molecule has 1 amide bonds. The molecule has 8 nitrogen and oxygen atoms in total. The minimum Gasteiger partial charge on any atom is -0.444 e. The summed E-state index contributed by atoms with van der Waals surface area (Å²) in [5.74, 6) is 1.51. The number of nitrogens with one attached hydrogen (secondary N) is 1. The van der Waals surface area contributed by atoms with Crippen LogP contribution in [0.15, 0.2) is 41.7 Å². The molecule has 162 valence electrons. The third-order valence-corrected chi connectivity index (χ3v) is 6.63. The number of hydrogen-bond donors (Lipinski definition) is 1. The minimum atomic E-state index is -0.489. The second kappa shape index (κ2) is 7.71. The van der Waals surface area contributed by atoms with Crippen molar-refractivity contribution < 1.29 is 9.53 Å². The maximum atomic E-state index is 12.5. The summed E-state index contributed by atoms with van der Waals surface area (Å²) in [5, 5.41) is 0.896. The number of likely N-dealkylation sites (tertiary alicyclic amines) is 1. The van der Waals surface area contributed by atoms with Gasteiger partial charge in [-0.2, -0.15) is 4.98 Å². The summed E-state index contributed by atoms with van der Waals surface area (Å²) in [5.41, 5.74) is 2.29. The Bertz CT molecular complexity index is 1100. The number of thioether (sulfide) groups is 1. The van der Waals surface area contributed by atoms with E-state index in [1.54, 1.807) is 18.1 Å². The van der Waals surface area contributed by atoms with E-state index in [0.29, 0.717) is 24.7 Å². The molecule has 2 aliphatic rings. The van der Waals surface area contributed by atoms with Crippen molar-refractivity contribution >= 4 is 35.0 Å². The van der Waals surface area contributed by atoms with Gasteiger partial charge in [0.1, 0.15) is 16.1 Å². The molecular formula is C22H26N6O2S. The molecule has 2 bridgehead atoms. The van der Waals surface area contributed by atoms with Gasteiger partial charge < -0.3 is 19.5 Å². The van der Waals surface area contributed by atoms with Gasteiger partial charge in [-0.05, 0) is 32.8 Å². The summed E-state index contributed by atoms with van der Waals surface area (Å²) < 4.78 is 5.58. The van der Waals surface area contributed by atoms with Gasteiger partial charge in [0, 0.05) is 18.8 Å². The topological polar surface area (TPSA) is 87.2 Å². The number of imidazole rings is 1. The fourth-order valence-electron chi connectivity index (χ4n) is 4.21. The molecule has 0 aliphatic carbocycles. The van der Waals surface area contributed by atoms with E-state index < -0.39 is 5.60 Å². The average molecular weight is 439 g/mol. The Morgan fingerprint density at radius 3 is 2.71 bits per heavy atom. The molecule has 0 unspecified atom stereocenters. The first-order valence-corrected chi connectivity index (χ1v) is 11.5. The molecule has 2 atom stereocenters. The fourth-order valence-corrected chi connectivity index (χ4v) is 5.15. The normalized spacial score (nSPS) is 20.6. The van der Waals surface area contributed by atoms with Crippen LogP contribution in [0.5, 0.6) is 0 Å². The summed E-state index contributed by atoms with van der Waals surface area (Å²) in [7, 11) is 0. The SMILES string of the molecule is CC(C)(C)OC(=O)N1C[C@@H]2C[C@H]1CN2c1nc(SCc2ccccc2)c2[nH]cnc2n1. The van der Waals surface area contributed by atoms with E-state index in [1.165, 1.54) is 5.56 Å². The molecule has 1 N–H and O–H groups in total. The number of rotatable bonds is 4. The van der Waals surface area contributed by atoms with Crippen molar-refractivity contribution in [1.82, 2.24) is 24.8 Å². The van der Waals surface area contributed by atoms with Crippen molar-refractivity contribution in [3.8, 4) is 0 Å². The first-order valence-electron chi connectivity index (χ1n) is 10.5. The number of piperazine rings is 1. The number of carbonyl (C=O) groups excluding carboxylic acids is 1. The van der Waals surface area contributed by atoms with E-state index in [9.17, 15) is 4.79 Å². The number of fused-ring (bicyclic) bond motifs is 3. The molecule has 3 aromatic rings. The highest BCUT2D eigenvalue weighted by Crippen LogP contribution is 2.36. The highest BCUT2D eigenvalue weighted by molar-refractivity contribution is 7.98. The number of ether oxygens (including phenoxy) is 1. The van der Waals surface area contributed by atoms with Gasteiger partial charge in [0.15, 0.2) is 5.65 Å². The molecule has 9 heteroatoms. The average Bonchev–Trinajstić information content (AvgIpc) is 3.46. The molecule has 2 fully saturated rings. The molecule has 4 heterocycles. The summed E-state index contributed by atoms with van der Waals surface area (Å²) >= 11 is 1.68. The molecular weight excluding hydrogens is 412 g/mol. The summed E-state index contributed by atoms with van der Waals surface area (Å²) in [6, 6.07) is 10.7. The van der Waals surface area contributed by atoms with E-state index in [2.05, 4.69) is 27.0 Å². The van der Waals surface area contributed by atoms with Crippen molar-refractivity contribution in [1.29, 1.82) is 0 Å². The van der Waals surface area contributed by atoms with Crippen LogP contribution >= 0.6 is 11.8 Å². The Hall–Kier alpha value is -2.81. The molecule has 31 heavy (non-hydrogen) atoms. The van der Waals surface area contributed by atoms with Crippen LogP contribution in [0, 0.1) is 0 Å². The van der Waals surface area contributed by atoms with Crippen molar-refractivity contribution in [3.05, 3.63) is 42.2 Å². The monoisotopic (exact) mass is 438 g/mol. The van der Waals surface area contributed by atoms with Crippen LogP contribution in [-0.2, 0) is 10.5 Å². The molecule has 2 aliphatic heterocycles. The minimum absolute atomic E-state index is 0.124. The van der Waals surface area contributed by atoms with Gasteiger partial charge in [-0.25, -0.2) is 14.8 Å². The van der Waals surface area contributed by atoms with E-state index in [4.69, 9.17) is 14.7 Å². The van der Waals surface area contributed by atoms with E-state index >= 15 is 0 Å². The highest BCUT2D eigenvalue weighted by Gasteiger charge is 2.47. The lowest BCUT2D eigenvalue weighted by atomic mass is 10.2. The lowest BCUT2D eigenvalue weighted by molar-refractivity contribution is 0.0214. The fraction of sp³-hybridized carbons (Fsp3) is 0.455. The van der Waals surface area contributed by atoms with Gasteiger partial charge >= 0.3 is 6.09 Å². The first kappa shape index (κ1) is 20.1. The number of carbonyl (C=O) groups is 1. The highest BCUT2D eigenvalue weighted by atomic mass is 32.2. The van der Waals surface area contributed by atoms with Crippen LogP contribution in [0.1, 0.15) is 32.8 Å². The maximum absolute atomic E-state index is 12.5. The number of hydrogen-bond acceptors (Lipinski definition) is 7. The molecule has 0 radical (unpaired) electrons. The second-order valence-corrected chi connectivity index (χ2v) is 10.00. The van der Waals surface area contributed by atoms with Crippen LogP contribution in [0.3, 0.4) is 0 Å². The summed E-state index contributed by atoms with van der Waals surface area (Å²) in [6.45, 7) is 7.03. The summed E-state index contributed by atoms with van der Waals surface area (Å²) in [6.07, 6.45) is 2.34. The Morgan fingerprint density at radius 2 is 2.00 bits per heavy atom. The van der Waals surface area contributed by atoms with Crippen molar-refractivity contribution in [3.63, 3.8) is 0 Å². The number of anilines is 1. The van der Waals surface area contributed by atoms with Crippen LogP contribution < -0.4 is 4.90 Å². The van der Waals surface area contributed by atoms with Gasteiger partial charge in [0.2, 0.25) is 5.95 Å². The van der Waals surface area contributed by atoms with E-state index in [-0.39, 0.29) is 18.2 Å². The van der Waals surface area contributed by atoms with E-state index in [1.807, 2.05) is 43.9 Å². The molecule has 5 rings (SSSR count). The lowest BCUT2D eigenvalue weighted by Crippen LogP contribution is -2.50. The molecule has 0 saturated carbocycles. The number of nitrogens with zero attached hydrogens (tertiary/aromatic N) is 5. The quantitative estimate of drug-likeness (QED) is 0.489. The zero-order valence-corrected chi connectivity index (χ0v) is 18.7. The zero-order chi connectivity index (χ0) is 21.6. The van der Waals surface area contributed by atoms with Crippen LogP contribution in [0.4, 0.5) is 10.7 Å². The van der Waals surface area contributed by atoms with Gasteiger partial charge in [-0.1, -0.05) is 42.1 Å². The van der Waals surface area contributed by atoms with Gasteiger partial charge in [-0.15, -0.1) is 0 Å². The Morgan fingerprint density at radius 1 is 1.19 bits per heavy atom. The van der Waals surface area contributed by atoms with E-state index in [0.717, 1.165) is 22.7 Å². The Labute approximate surface area is 185 Å². The molecule has 0 spiro atoms.